The van der Waals surface area contributed by atoms with Crippen LogP contribution in [0.15, 0.2) is 0 Å². The first-order chi connectivity index (χ1) is 54.3. The fourth-order valence-electron chi connectivity index (χ4n) is 21.4. The molecule has 0 radical (unpaired) electrons. The second-order valence-corrected chi connectivity index (χ2v) is 49.2. The molecule has 7 aromatic carbocycles. The SMILES string of the molecule is Cc1c(C)c(CC(C)(C)C)c(C)c(C)c1CC(C)CC(C)Cc1c(C)c(C)c(CC(C)(C)C)c(C)c1C.Cc1c(C)c(CC(C)(C)C)c(C)c(C)c1CC(C)Cc1c(C)c(C)c(CC(C)(C)C)c(C)c1C.Cc1c(C)c(CC(C)(C)C)c(C)c(C)c1CC(Cc1c(C)c(C)c(CC(C)(C)C)c(C)c1C)Cc1c(C)c(C)c(CC(C)(C)C)c(C)c1C. The molecule has 0 saturated heterocycles. The van der Waals surface area contributed by atoms with Crippen molar-refractivity contribution in [1.82, 2.24) is 0 Å². The minimum atomic E-state index is 0.270. The highest BCUT2D eigenvalue weighted by Gasteiger charge is 2.32. The largest absolute Gasteiger partial charge is 0.0622 e. The van der Waals surface area contributed by atoms with Crippen LogP contribution in [0.25, 0.3) is 0 Å². The molecule has 0 aliphatic heterocycles. The van der Waals surface area contributed by atoms with Crippen LogP contribution in [-0.2, 0) is 89.9 Å². The summed E-state index contributed by atoms with van der Waals surface area (Å²) >= 11 is 0. The molecule has 7 aromatic rings. The first-order valence-electron chi connectivity index (χ1n) is 47.8. The summed E-state index contributed by atoms with van der Waals surface area (Å²) in [4.78, 5) is 0. The second-order valence-electron chi connectivity index (χ2n) is 49.2. The molecule has 120 heavy (non-hydrogen) atoms. The van der Waals surface area contributed by atoms with Crippen molar-refractivity contribution in [2.75, 3.05) is 0 Å². The maximum Gasteiger partial charge on any atom is -0.0224 e. The van der Waals surface area contributed by atoms with Crippen LogP contribution in [0.4, 0.5) is 0 Å². The van der Waals surface area contributed by atoms with Gasteiger partial charge in [0.05, 0.1) is 0 Å². The van der Waals surface area contributed by atoms with E-state index in [1.54, 1.807) is 77.9 Å². The highest BCUT2D eigenvalue weighted by atomic mass is 14.4. The molecular weight excluding hydrogens is 1440 g/mol. The Kier molecular flexibility index (Phi) is 35.1. The zero-order chi connectivity index (χ0) is 92.7. The van der Waals surface area contributed by atoms with E-state index in [4.69, 9.17) is 0 Å². The van der Waals surface area contributed by atoms with Crippen molar-refractivity contribution in [2.45, 2.75) is 456 Å². The van der Waals surface area contributed by atoms with Gasteiger partial charge in [0.25, 0.3) is 0 Å². The fraction of sp³-hybridized carbons (Fsp3) is 0.650. The average molecular weight is 1630 g/mol. The van der Waals surface area contributed by atoms with Crippen molar-refractivity contribution in [1.29, 1.82) is 0 Å². The summed E-state index contributed by atoms with van der Waals surface area (Å²) < 4.78 is 0. The molecule has 0 amide bonds. The maximum atomic E-state index is 2.48. The maximum absolute atomic E-state index is 2.48. The van der Waals surface area contributed by atoms with E-state index in [0.717, 1.165) is 77.0 Å². The topological polar surface area (TPSA) is 0 Å². The van der Waals surface area contributed by atoms with Gasteiger partial charge in [0.1, 0.15) is 0 Å². The zero-order valence-corrected chi connectivity index (χ0v) is 89.4. The van der Waals surface area contributed by atoms with Crippen LogP contribution < -0.4 is 0 Å². The van der Waals surface area contributed by atoms with Gasteiger partial charge in [-0.2, -0.15) is 0 Å². The summed E-state index contributed by atoms with van der Waals surface area (Å²) in [5.41, 5.74) is 67.0. The standard InChI is InChI=1S/C49H76.C37H60.C34H54/c1-28-34(7)44(25-47(13,14)15)35(8)29(2)41(28)22-40(23-42-30(3)36(9)45(26-48(16,17)18)37(10)31(42)4)24-43-32(5)38(11)46(27-49(19,20)21)39(12)33(43)6;1-22(18-32-24(3)28(7)34(20-36(11,12)13)29(8)25(32)4)17-23(2)19-33-26(5)30(9)35(21-37(14,15)16)31(10)27(33)6;1-20(16-29-21(2)25(6)31(18-33(10,11)12)26(7)22(29)3)17-30-23(4)27(8)32(19-34(13,14)15)28(9)24(30)5/h40H,22-27H2,1-21H3;22-23H,17-21H2,1-16H3;20H,16-19H2,1-15H3. The molecule has 0 fully saturated rings. The molecule has 0 spiro atoms. The lowest BCUT2D eigenvalue weighted by atomic mass is 9.74. The highest BCUT2D eigenvalue weighted by Crippen LogP contribution is 2.44. The Morgan fingerprint density at radius 2 is 0.225 bits per heavy atom. The molecule has 2 atom stereocenters. The van der Waals surface area contributed by atoms with Gasteiger partial charge in [-0.15, -0.1) is 0 Å². The van der Waals surface area contributed by atoms with E-state index in [0.29, 0.717) is 45.3 Å². The number of hydrogen-bond donors (Lipinski definition) is 0. The number of hydrogen-bond acceptors (Lipinski definition) is 0. The van der Waals surface area contributed by atoms with Gasteiger partial charge < -0.3 is 0 Å². The lowest BCUT2D eigenvalue weighted by molar-refractivity contribution is 0.404. The van der Waals surface area contributed by atoms with Gasteiger partial charge in [-0.05, 0) is 585 Å². The van der Waals surface area contributed by atoms with Crippen LogP contribution >= 0.6 is 0 Å². The lowest BCUT2D eigenvalue weighted by Crippen LogP contribution is -2.21. The Morgan fingerprint density at radius 3 is 0.333 bits per heavy atom. The van der Waals surface area contributed by atoms with Crippen molar-refractivity contribution in [3.8, 4) is 0 Å². The molecular formula is C120H190. The first kappa shape index (κ1) is 105. The lowest BCUT2D eigenvalue weighted by Gasteiger charge is -2.31. The Bertz CT molecular complexity index is 4230. The van der Waals surface area contributed by atoms with Gasteiger partial charge in [0, 0.05) is 0 Å². The number of rotatable bonds is 23. The van der Waals surface area contributed by atoms with Crippen molar-refractivity contribution >= 4 is 0 Å². The molecule has 0 bridgehead atoms. The van der Waals surface area contributed by atoms with E-state index >= 15 is 0 Å². The van der Waals surface area contributed by atoms with Gasteiger partial charge in [0.2, 0.25) is 0 Å². The quantitative estimate of drug-likeness (QED) is 0.0599. The third-order valence-electron chi connectivity index (χ3n) is 30.0. The molecule has 7 rings (SSSR count). The monoisotopic (exact) mass is 1630 g/mol. The summed E-state index contributed by atoms with van der Waals surface area (Å²) in [5.74, 6) is 2.50. The predicted octanol–water partition coefficient (Wildman–Crippen LogP) is 34.3. The van der Waals surface area contributed by atoms with Crippen LogP contribution in [0.5, 0.6) is 0 Å². The zero-order valence-electron chi connectivity index (χ0n) is 89.4. The van der Waals surface area contributed by atoms with Crippen molar-refractivity contribution in [3.05, 3.63) is 234 Å². The Hall–Kier alpha value is -5.46. The summed E-state index contributed by atoms with van der Waals surface area (Å²) in [5, 5.41) is 0. The molecule has 0 aromatic heterocycles. The van der Waals surface area contributed by atoms with Gasteiger partial charge in [-0.25, -0.2) is 0 Å². The first-order valence-corrected chi connectivity index (χ1v) is 47.8. The number of benzene rings is 7. The molecule has 670 valence electrons. The van der Waals surface area contributed by atoms with E-state index in [1.807, 2.05) is 0 Å². The second kappa shape index (κ2) is 40.0. The molecule has 0 heterocycles. The molecule has 0 aliphatic rings. The summed E-state index contributed by atoms with van der Waals surface area (Å²) in [6.45, 7) is 124. The average Bonchev–Trinajstić information content (AvgIpc) is 0.766. The van der Waals surface area contributed by atoms with E-state index in [-0.39, 0.29) is 16.2 Å². The van der Waals surface area contributed by atoms with Crippen LogP contribution in [0.1, 0.15) is 406 Å². The predicted molar refractivity (Wildman–Crippen MR) is 541 cm³/mol. The molecule has 0 N–H and O–H groups in total. The Morgan fingerprint density at radius 1 is 0.133 bits per heavy atom. The molecule has 0 saturated carbocycles. The minimum absolute atomic E-state index is 0.270. The smallest absolute Gasteiger partial charge is 0.0224 e. The van der Waals surface area contributed by atoms with E-state index < -0.39 is 0 Å². The third-order valence-corrected chi connectivity index (χ3v) is 30.0. The van der Waals surface area contributed by atoms with Gasteiger partial charge >= 0.3 is 0 Å². The van der Waals surface area contributed by atoms with E-state index in [9.17, 15) is 0 Å². The van der Waals surface area contributed by atoms with Crippen LogP contribution in [-0.4, -0.2) is 0 Å². The van der Waals surface area contributed by atoms with Crippen molar-refractivity contribution < 1.29 is 0 Å². The van der Waals surface area contributed by atoms with Crippen molar-refractivity contribution in [3.63, 3.8) is 0 Å². The van der Waals surface area contributed by atoms with Crippen LogP contribution in [0.3, 0.4) is 0 Å². The van der Waals surface area contributed by atoms with Gasteiger partial charge in [-0.3, -0.25) is 0 Å². The van der Waals surface area contributed by atoms with Crippen LogP contribution in [0, 0.1) is 255 Å². The molecule has 2 unspecified atom stereocenters. The summed E-state index contributed by atoms with van der Waals surface area (Å²) in [6, 6.07) is 0. The highest BCUT2D eigenvalue weighted by molar-refractivity contribution is 5.58. The van der Waals surface area contributed by atoms with Gasteiger partial charge in [-0.1, -0.05) is 166 Å². The third kappa shape index (κ3) is 26.6. The molecule has 0 aliphatic carbocycles. The minimum Gasteiger partial charge on any atom is -0.0622 e. The Balaban J connectivity index is 0.000000327. The van der Waals surface area contributed by atoms with Gasteiger partial charge in [0.15, 0.2) is 0 Å². The van der Waals surface area contributed by atoms with E-state index in [1.165, 1.54) is 175 Å². The normalized spacial score (nSPS) is 13.2. The van der Waals surface area contributed by atoms with E-state index in [2.05, 4.69) is 360 Å². The molecule has 0 heteroatoms. The fourth-order valence-corrected chi connectivity index (χ4v) is 21.4. The Labute approximate surface area is 746 Å². The van der Waals surface area contributed by atoms with Crippen molar-refractivity contribution in [2.24, 2.45) is 61.6 Å². The molecule has 0 nitrogen and oxygen atoms in total. The summed E-state index contributed by atoms with van der Waals surface area (Å²) in [6.07, 6.45) is 17.4. The summed E-state index contributed by atoms with van der Waals surface area (Å²) in [7, 11) is 0. The van der Waals surface area contributed by atoms with Crippen LogP contribution in [0.2, 0.25) is 0 Å².